The zero-order chi connectivity index (χ0) is 13.0. The molecule has 0 aromatic rings. The highest BCUT2D eigenvalue weighted by Crippen LogP contribution is 2.10. The van der Waals surface area contributed by atoms with E-state index in [1.54, 1.807) is 0 Å². The van der Waals surface area contributed by atoms with Crippen LogP contribution in [0.25, 0.3) is 0 Å². The lowest BCUT2D eigenvalue weighted by molar-refractivity contribution is -0.129. The van der Waals surface area contributed by atoms with Crippen LogP contribution in [-0.2, 0) is 9.59 Å². The van der Waals surface area contributed by atoms with Gasteiger partial charge in [0, 0.05) is 25.6 Å². The van der Waals surface area contributed by atoms with E-state index in [1.807, 2.05) is 11.8 Å². The number of nitrogens with one attached hydrogen (secondary N) is 2. The van der Waals surface area contributed by atoms with E-state index in [-0.39, 0.29) is 36.3 Å². The molecule has 2 unspecified atom stereocenters. The molecule has 2 atom stereocenters. The Labute approximate surface area is 120 Å². The standard InChI is InChI=1S/C13H23N3O2.ClH/c1-10(9-16-8-4-6-12(16)17)15-13(18)11-5-2-3-7-14-11;/h10-11,14H,2-9H2,1H3,(H,15,18);1H. The molecule has 0 spiro atoms. The van der Waals surface area contributed by atoms with Crippen molar-refractivity contribution in [1.82, 2.24) is 15.5 Å². The summed E-state index contributed by atoms with van der Waals surface area (Å²) in [6.45, 7) is 4.36. The Kier molecular flexibility index (Phi) is 6.58. The van der Waals surface area contributed by atoms with E-state index in [4.69, 9.17) is 0 Å². The van der Waals surface area contributed by atoms with Crippen molar-refractivity contribution in [1.29, 1.82) is 0 Å². The number of nitrogens with zero attached hydrogens (tertiary/aromatic N) is 1. The summed E-state index contributed by atoms with van der Waals surface area (Å²) in [6, 6.07) is -0.0150. The molecule has 2 aliphatic rings. The van der Waals surface area contributed by atoms with Gasteiger partial charge in [0.05, 0.1) is 6.04 Å². The van der Waals surface area contributed by atoms with E-state index in [2.05, 4.69) is 10.6 Å². The van der Waals surface area contributed by atoms with E-state index in [0.29, 0.717) is 13.0 Å². The first-order valence-electron chi connectivity index (χ1n) is 6.98. The first-order valence-corrected chi connectivity index (χ1v) is 6.98. The Morgan fingerprint density at radius 3 is 2.84 bits per heavy atom. The maximum atomic E-state index is 12.0. The second-order valence-electron chi connectivity index (χ2n) is 5.36. The summed E-state index contributed by atoms with van der Waals surface area (Å²) in [4.78, 5) is 25.3. The maximum absolute atomic E-state index is 12.0. The predicted octanol–water partition coefficient (Wildman–Crippen LogP) is 0.677. The van der Waals surface area contributed by atoms with E-state index in [1.165, 1.54) is 0 Å². The molecule has 2 heterocycles. The average Bonchev–Trinajstić information content (AvgIpc) is 2.76. The fourth-order valence-electron chi connectivity index (χ4n) is 2.69. The van der Waals surface area contributed by atoms with Crippen molar-refractivity contribution in [3.63, 3.8) is 0 Å². The third kappa shape index (κ3) is 4.66. The molecule has 0 aliphatic carbocycles. The molecule has 0 aromatic heterocycles. The van der Waals surface area contributed by atoms with Gasteiger partial charge in [0.2, 0.25) is 11.8 Å². The van der Waals surface area contributed by atoms with E-state index < -0.39 is 0 Å². The molecule has 5 nitrogen and oxygen atoms in total. The zero-order valence-electron chi connectivity index (χ0n) is 11.5. The first kappa shape index (κ1) is 16.2. The highest BCUT2D eigenvalue weighted by atomic mass is 35.5. The number of halogens is 1. The molecular formula is C13H24ClN3O2. The van der Waals surface area contributed by atoms with Crippen LogP contribution in [0, 0.1) is 0 Å². The topological polar surface area (TPSA) is 61.4 Å². The zero-order valence-corrected chi connectivity index (χ0v) is 12.3. The number of hydrogen-bond donors (Lipinski definition) is 2. The van der Waals surface area contributed by atoms with Gasteiger partial charge < -0.3 is 15.5 Å². The van der Waals surface area contributed by atoms with Crippen LogP contribution in [0.3, 0.4) is 0 Å². The Balaban J connectivity index is 0.00000180. The largest absolute Gasteiger partial charge is 0.351 e. The van der Waals surface area contributed by atoms with Crippen molar-refractivity contribution in [2.75, 3.05) is 19.6 Å². The van der Waals surface area contributed by atoms with Gasteiger partial charge in [0.25, 0.3) is 0 Å². The predicted molar refractivity (Wildman–Crippen MR) is 76.3 cm³/mol. The number of rotatable bonds is 4. The lowest BCUT2D eigenvalue weighted by atomic mass is 10.0. The molecule has 2 rings (SSSR count). The highest BCUT2D eigenvalue weighted by Gasteiger charge is 2.25. The number of piperidine rings is 1. The molecule has 0 radical (unpaired) electrons. The van der Waals surface area contributed by atoms with Crippen LogP contribution in [-0.4, -0.2) is 48.4 Å². The van der Waals surface area contributed by atoms with E-state index in [9.17, 15) is 9.59 Å². The minimum Gasteiger partial charge on any atom is -0.351 e. The van der Waals surface area contributed by atoms with Gasteiger partial charge in [-0.3, -0.25) is 9.59 Å². The number of likely N-dealkylation sites (tertiary alicyclic amines) is 1. The van der Waals surface area contributed by atoms with Gasteiger partial charge in [-0.05, 0) is 32.7 Å². The molecular weight excluding hydrogens is 266 g/mol. The SMILES string of the molecule is CC(CN1CCCC1=O)NC(=O)C1CCCCN1.Cl. The summed E-state index contributed by atoms with van der Waals surface area (Å²) in [5.74, 6) is 0.292. The summed E-state index contributed by atoms with van der Waals surface area (Å²) in [5.41, 5.74) is 0. The third-order valence-electron chi connectivity index (χ3n) is 3.68. The first-order chi connectivity index (χ1) is 8.66. The van der Waals surface area contributed by atoms with Crippen molar-refractivity contribution in [2.24, 2.45) is 0 Å². The number of amides is 2. The molecule has 2 fully saturated rings. The molecule has 6 heteroatoms. The minimum atomic E-state index is -0.0459. The fraction of sp³-hybridized carbons (Fsp3) is 0.846. The van der Waals surface area contributed by atoms with Gasteiger partial charge in [0.15, 0.2) is 0 Å². The summed E-state index contributed by atoms with van der Waals surface area (Å²) in [6.07, 6.45) is 4.79. The molecule has 2 saturated heterocycles. The molecule has 0 saturated carbocycles. The van der Waals surface area contributed by atoms with Crippen molar-refractivity contribution in [2.45, 2.75) is 51.1 Å². The van der Waals surface area contributed by atoms with E-state index in [0.717, 1.165) is 38.8 Å². The van der Waals surface area contributed by atoms with Crippen molar-refractivity contribution in [3.05, 3.63) is 0 Å². The van der Waals surface area contributed by atoms with Gasteiger partial charge >= 0.3 is 0 Å². The van der Waals surface area contributed by atoms with Crippen LogP contribution in [0.2, 0.25) is 0 Å². The fourth-order valence-corrected chi connectivity index (χ4v) is 2.69. The highest BCUT2D eigenvalue weighted by molar-refractivity contribution is 5.85. The summed E-state index contributed by atoms with van der Waals surface area (Å²) in [7, 11) is 0. The molecule has 0 aromatic carbocycles. The Morgan fingerprint density at radius 2 is 2.26 bits per heavy atom. The molecule has 0 bridgehead atoms. The molecule has 2 aliphatic heterocycles. The van der Waals surface area contributed by atoms with Crippen LogP contribution in [0.4, 0.5) is 0 Å². The summed E-state index contributed by atoms with van der Waals surface area (Å²) < 4.78 is 0. The van der Waals surface area contributed by atoms with Crippen molar-refractivity contribution < 1.29 is 9.59 Å². The van der Waals surface area contributed by atoms with Gasteiger partial charge in [0.1, 0.15) is 0 Å². The quantitative estimate of drug-likeness (QED) is 0.800. The average molecular weight is 290 g/mol. The molecule has 110 valence electrons. The van der Waals surface area contributed by atoms with Crippen molar-refractivity contribution in [3.8, 4) is 0 Å². The van der Waals surface area contributed by atoms with Crippen LogP contribution in [0.15, 0.2) is 0 Å². The normalized spacial score (nSPS) is 24.8. The second kappa shape index (κ2) is 7.70. The summed E-state index contributed by atoms with van der Waals surface area (Å²) in [5, 5.41) is 6.24. The van der Waals surface area contributed by atoms with Crippen LogP contribution in [0.1, 0.15) is 39.0 Å². The van der Waals surface area contributed by atoms with E-state index >= 15 is 0 Å². The molecule has 2 amide bonds. The van der Waals surface area contributed by atoms with Gasteiger partial charge in [-0.1, -0.05) is 6.42 Å². The number of carbonyl (C=O) groups excluding carboxylic acids is 2. The number of carbonyl (C=O) groups is 2. The monoisotopic (exact) mass is 289 g/mol. The van der Waals surface area contributed by atoms with Crippen LogP contribution in [0.5, 0.6) is 0 Å². The lowest BCUT2D eigenvalue weighted by Gasteiger charge is -2.26. The van der Waals surface area contributed by atoms with Crippen LogP contribution < -0.4 is 10.6 Å². The van der Waals surface area contributed by atoms with Crippen molar-refractivity contribution >= 4 is 24.2 Å². The Hall–Kier alpha value is -0.810. The maximum Gasteiger partial charge on any atom is 0.237 e. The third-order valence-corrected chi connectivity index (χ3v) is 3.68. The second-order valence-corrected chi connectivity index (χ2v) is 5.36. The molecule has 2 N–H and O–H groups in total. The Morgan fingerprint density at radius 1 is 1.47 bits per heavy atom. The van der Waals surface area contributed by atoms with Crippen LogP contribution >= 0.6 is 12.4 Å². The number of hydrogen-bond acceptors (Lipinski definition) is 3. The van der Waals surface area contributed by atoms with Gasteiger partial charge in [-0.25, -0.2) is 0 Å². The minimum absolute atomic E-state index is 0. The lowest BCUT2D eigenvalue weighted by Crippen LogP contribution is -2.51. The van der Waals surface area contributed by atoms with Gasteiger partial charge in [-0.15, -0.1) is 12.4 Å². The summed E-state index contributed by atoms with van der Waals surface area (Å²) >= 11 is 0. The van der Waals surface area contributed by atoms with Gasteiger partial charge in [-0.2, -0.15) is 0 Å². The smallest absolute Gasteiger partial charge is 0.237 e. The molecule has 19 heavy (non-hydrogen) atoms. The Bertz CT molecular complexity index is 319.